The molecule has 8 nitrogen and oxygen atoms in total. The SMILES string of the molecule is Cc1noc(C2CN(C3CN(C(=O)Cc4ccncc4C)C3)CCO2)n1. The fraction of sp³-hybridized carbons (Fsp3) is 0.556. The van der Waals surface area contributed by atoms with E-state index >= 15 is 0 Å². The summed E-state index contributed by atoms with van der Waals surface area (Å²) in [7, 11) is 0. The molecule has 4 rings (SSSR count). The molecule has 26 heavy (non-hydrogen) atoms. The number of aromatic nitrogens is 3. The van der Waals surface area contributed by atoms with Crippen molar-refractivity contribution in [1.29, 1.82) is 0 Å². The maximum absolute atomic E-state index is 12.5. The molecule has 138 valence electrons. The van der Waals surface area contributed by atoms with Crippen molar-refractivity contribution in [3.63, 3.8) is 0 Å². The molecule has 2 aliphatic rings. The Morgan fingerprint density at radius 3 is 2.88 bits per heavy atom. The Bertz CT molecular complexity index is 787. The van der Waals surface area contributed by atoms with Gasteiger partial charge in [0.1, 0.15) is 6.10 Å². The highest BCUT2D eigenvalue weighted by atomic mass is 16.5. The van der Waals surface area contributed by atoms with Gasteiger partial charge in [-0.1, -0.05) is 5.16 Å². The van der Waals surface area contributed by atoms with Crippen LogP contribution in [0.1, 0.15) is 28.9 Å². The molecular weight excluding hydrogens is 334 g/mol. The zero-order chi connectivity index (χ0) is 18.1. The standard InChI is InChI=1S/C18H23N5O3/c1-12-8-19-4-3-14(12)7-17(24)23-9-15(10-23)22-5-6-25-16(11-22)18-20-13(2)21-26-18/h3-4,8,15-16H,5-7,9-11H2,1-2H3. The molecule has 1 atom stereocenters. The zero-order valence-corrected chi connectivity index (χ0v) is 15.1. The average Bonchev–Trinajstić information content (AvgIpc) is 3.02. The molecule has 1 unspecified atom stereocenters. The van der Waals surface area contributed by atoms with Crippen LogP contribution in [0.25, 0.3) is 0 Å². The molecule has 2 aliphatic heterocycles. The van der Waals surface area contributed by atoms with Crippen molar-refractivity contribution in [2.45, 2.75) is 32.4 Å². The Hall–Kier alpha value is -2.32. The number of pyridine rings is 1. The van der Waals surface area contributed by atoms with Gasteiger partial charge in [-0.05, 0) is 31.0 Å². The summed E-state index contributed by atoms with van der Waals surface area (Å²) in [4.78, 5) is 25.1. The Morgan fingerprint density at radius 2 is 2.15 bits per heavy atom. The normalized spacial score (nSPS) is 21.6. The predicted molar refractivity (Wildman–Crippen MR) is 92.3 cm³/mol. The van der Waals surface area contributed by atoms with Gasteiger partial charge in [-0.15, -0.1) is 0 Å². The third-order valence-electron chi connectivity index (χ3n) is 5.13. The summed E-state index contributed by atoms with van der Waals surface area (Å²) in [5.74, 6) is 1.33. The van der Waals surface area contributed by atoms with Gasteiger partial charge in [-0.25, -0.2) is 0 Å². The molecule has 0 saturated carbocycles. The van der Waals surface area contributed by atoms with Gasteiger partial charge in [0.25, 0.3) is 5.89 Å². The van der Waals surface area contributed by atoms with Crippen LogP contribution >= 0.6 is 0 Å². The van der Waals surface area contributed by atoms with Crippen LogP contribution in [0.15, 0.2) is 23.0 Å². The minimum absolute atomic E-state index is 0.174. The largest absolute Gasteiger partial charge is 0.366 e. The lowest BCUT2D eigenvalue weighted by atomic mass is 10.0. The lowest BCUT2D eigenvalue weighted by molar-refractivity contribution is -0.141. The van der Waals surface area contributed by atoms with E-state index < -0.39 is 0 Å². The molecule has 2 aromatic heterocycles. The van der Waals surface area contributed by atoms with E-state index in [1.165, 1.54) is 0 Å². The highest BCUT2D eigenvalue weighted by Crippen LogP contribution is 2.25. The number of morpholine rings is 1. The third-order valence-corrected chi connectivity index (χ3v) is 5.13. The lowest BCUT2D eigenvalue weighted by Crippen LogP contribution is -2.63. The highest BCUT2D eigenvalue weighted by Gasteiger charge is 2.38. The second-order valence-electron chi connectivity index (χ2n) is 6.97. The average molecular weight is 357 g/mol. The first-order chi connectivity index (χ1) is 12.6. The first-order valence-corrected chi connectivity index (χ1v) is 8.93. The molecule has 0 radical (unpaired) electrons. The van der Waals surface area contributed by atoms with Crippen LogP contribution in [0.3, 0.4) is 0 Å². The number of hydrogen-bond acceptors (Lipinski definition) is 7. The number of amides is 1. The monoisotopic (exact) mass is 357 g/mol. The van der Waals surface area contributed by atoms with Crippen molar-refractivity contribution < 1.29 is 14.1 Å². The fourth-order valence-electron chi connectivity index (χ4n) is 3.46. The summed E-state index contributed by atoms with van der Waals surface area (Å²) in [6.45, 7) is 7.52. The minimum Gasteiger partial charge on any atom is -0.366 e. The minimum atomic E-state index is -0.186. The smallest absolute Gasteiger partial charge is 0.257 e. The van der Waals surface area contributed by atoms with Gasteiger partial charge >= 0.3 is 0 Å². The molecule has 2 aromatic rings. The van der Waals surface area contributed by atoms with Crippen molar-refractivity contribution in [3.8, 4) is 0 Å². The number of rotatable bonds is 4. The molecule has 4 heterocycles. The van der Waals surface area contributed by atoms with Crippen LogP contribution in [-0.4, -0.2) is 69.7 Å². The fourth-order valence-corrected chi connectivity index (χ4v) is 3.46. The van der Waals surface area contributed by atoms with Crippen molar-refractivity contribution in [1.82, 2.24) is 24.9 Å². The van der Waals surface area contributed by atoms with Crippen molar-refractivity contribution in [2.24, 2.45) is 0 Å². The van der Waals surface area contributed by atoms with Crippen LogP contribution in [0.4, 0.5) is 0 Å². The van der Waals surface area contributed by atoms with E-state index in [0.29, 0.717) is 30.8 Å². The van der Waals surface area contributed by atoms with Crippen LogP contribution in [0, 0.1) is 13.8 Å². The maximum atomic E-state index is 12.5. The van der Waals surface area contributed by atoms with Gasteiger partial charge < -0.3 is 14.2 Å². The quantitative estimate of drug-likeness (QED) is 0.804. The molecule has 0 N–H and O–H groups in total. The van der Waals surface area contributed by atoms with Gasteiger partial charge in [0.2, 0.25) is 5.91 Å². The van der Waals surface area contributed by atoms with E-state index in [9.17, 15) is 4.79 Å². The zero-order valence-electron chi connectivity index (χ0n) is 15.1. The molecule has 0 aliphatic carbocycles. The summed E-state index contributed by atoms with van der Waals surface area (Å²) in [6, 6.07) is 2.29. The highest BCUT2D eigenvalue weighted by molar-refractivity contribution is 5.80. The number of aryl methyl sites for hydroxylation is 2. The summed E-state index contributed by atoms with van der Waals surface area (Å²) < 4.78 is 11.0. The van der Waals surface area contributed by atoms with E-state index in [0.717, 1.165) is 37.3 Å². The van der Waals surface area contributed by atoms with E-state index in [1.807, 2.05) is 17.9 Å². The molecule has 0 aromatic carbocycles. The molecule has 0 bridgehead atoms. The Morgan fingerprint density at radius 1 is 1.31 bits per heavy atom. The Labute approximate surface area is 152 Å². The van der Waals surface area contributed by atoms with Crippen LogP contribution < -0.4 is 0 Å². The number of carbonyl (C=O) groups is 1. The Kier molecular flexibility index (Phi) is 4.69. The number of ether oxygens (including phenoxy) is 1. The summed E-state index contributed by atoms with van der Waals surface area (Å²) in [5, 5.41) is 3.84. The van der Waals surface area contributed by atoms with Crippen LogP contribution in [0.2, 0.25) is 0 Å². The van der Waals surface area contributed by atoms with Crippen molar-refractivity contribution >= 4 is 5.91 Å². The van der Waals surface area contributed by atoms with Gasteiger partial charge in [0.15, 0.2) is 5.82 Å². The molecular formula is C18H23N5O3. The van der Waals surface area contributed by atoms with Crippen LogP contribution in [-0.2, 0) is 16.0 Å². The third kappa shape index (κ3) is 3.47. The van der Waals surface area contributed by atoms with E-state index in [1.54, 1.807) is 19.3 Å². The summed E-state index contributed by atoms with van der Waals surface area (Å²) >= 11 is 0. The number of hydrogen-bond donors (Lipinski definition) is 0. The van der Waals surface area contributed by atoms with E-state index in [2.05, 4.69) is 20.0 Å². The molecule has 0 spiro atoms. The molecule has 2 saturated heterocycles. The molecule has 1 amide bonds. The predicted octanol–water partition coefficient (Wildman–Crippen LogP) is 0.908. The van der Waals surface area contributed by atoms with Gasteiger partial charge in [-0.2, -0.15) is 4.98 Å². The molecule has 8 heteroatoms. The van der Waals surface area contributed by atoms with Crippen molar-refractivity contribution in [2.75, 3.05) is 32.8 Å². The van der Waals surface area contributed by atoms with E-state index in [4.69, 9.17) is 9.26 Å². The summed E-state index contributed by atoms with van der Waals surface area (Å²) in [5.41, 5.74) is 2.11. The topological polar surface area (TPSA) is 84.6 Å². The molecule has 2 fully saturated rings. The van der Waals surface area contributed by atoms with Crippen LogP contribution in [0.5, 0.6) is 0 Å². The van der Waals surface area contributed by atoms with E-state index in [-0.39, 0.29) is 12.0 Å². The number of carbonyl (C=O) groups excluding carboxylic acids is 1. The Balaban J connectivity index is 1.30. The lowest BCUT2D eigenvalue weighted by Gasteiger charge is -2.47. The van der Waals surface area contributed by atoms with Gasteiger partial charge in [-0.3, -0.25) is 14.7 Å². The first kappa shape index (κ1) is 17.1. The first-order valence-electron chi connectivity index (χ1n) is 8.93. The number of nitrogens with zero attached hydrogens (tertiary/aromatic N) is 5. The van der Waals surface area contributed by atoms with Crippen molar-refractivity contribution in [3.05, 3.63) is 41.3 Å². The second-order valence-corrected chi connectivity index (χ2v) is 6.97. The second kappa shape index (κ2) is 7.13. The summed E-state index contributed by atoms with van der Waals surface area (Å²) in [6.07, 6.45) is 3.79. The van der Waals surface area contributed by atoms with Gasteiger partial charge in [0, 0.05) is 44.6 Å². The number of likely N-dealkylation sites (tertiary alicyclic amines) is 1. The maximum Gasteiger partial charge on any atom is 0.257 e. The van der Waals surface area contributed by atoms with Gasteiger partial charge in [0.05, 0.1) is 13.0 Å².